The van der Waals surface area contributed by atoms with Crippen LogP contribution in [-0.2, 0) is 5.54 Å². The number of imidazole rings is 1. The Morgan fingerprint density at radius 1 is 1.57 bits per heavy atom. The minimum atomic E-state index is 0.134. The summed E-state index contributed by atoms with van der Waals surface area (Å²) in [5.41, 5.74) is 6.10. The number of hydrogen-bond acceptors (Lipinski definition) is 2. The smallest absolute Gasteiger partial charge is 0.0951 e. The van der Waals surface area contributed by atoms with Crippen LogP contribution in [0.3, 0.4) is 0 Å². The summed E-state index contributed by atoms with van der Waals surface area (Å²) in [6.45, 7) is 3.04. The van der Waals surface area contributed by atoms with Crippen molar-refractivity contribution in [3.05, 3.63) is 18.7 Å². The summed E-state index contributed by atoms with van der Waals surface area (Å²) in [6, 6.07) is 0. The van der Waals surface area contributed by atoms with E-state index in [-0.39, 0.29) is 5.54 Å². The van der Waals surface area contributed by atoms with Gasteiger partial charge in [0.25, 0.3) is 0 Å². The van der Waals surface area contributed by atoms with E-state index in [1.807, 2.05) is 12.5 Å². The molecule has 0 saturated heterocycles. The maximum atomic E-state index is 5.97. The third-order valence-corrected chi connectivity index (χ3v) is 3.79. The molecule has 2 atom stereocenters. The summed E-state index contributed by atoms with van der Waals surface area (Å²) >= 11 is 0. The Labute approximate surface area is 85.3 Å². The average molecular weight is 193 g/mol. The van der Waals surface area contributed by atoms with Gasteiger partial charge in [0, 0.05) is 18.9 Å². The molecule has 2 rings (SSSR count). The van der Waals surface area contributed by atoms with E-state index in [9.17, 15) is 0 Å². The average Bonchev–Trinajstić information content (AvgIpc) is 2.72. The van der Waals surface area contributed by atoms with E-state index in [1.54, 1.807) is 0 Å². The molecule has 1 aromatic heterocycles. The van der Waals surface area contributed by atoms with Crippen molar-refractivity contribution in [3.8, 4) is 0 Å². The van der Waals surface area contributed by atoms with Gasteiger partial charge in [-0.1, -0.05) is 19.8 Å². The molecule has 0 aromatic carbocycles. The van der Waals surface area contributed by atoms with E-state index in [2.05, 4.69) is 22.7 Å². The maximum absolute atomic E-state index is 5.97. The zero-order valence-electron chi connectivity index (χ0n) is 8.82. The summed E-state index contributed by atoms with van der Waals surface area (Å²) < 4.78 is 2.22. The van der Waals surface area contributed by atoms with E-state index in [0.29, 0.717) is 5.92 Å². The lowest BCUT2D eigenvalue weighted by atomic mass is 9.73. The van der Waals surface area contributed by atoms with Gasteiger partial charge in [-0.2, -0.15) is 0 Å². The van der Waals surface area contributed by atoms with Gasteiger partial charge in [-0.05, 0) is 18.8 Å². The molecule has 3 heteroatoms. The highest BCUT2D eigenvalue weighted by molar-refractivity contribution is 4.97. The zero-order valence-corrected chi connectivity index (χ0v) is 8.82. The first kappa shape index (κ1) is 9.71. The molecule has 3 nitrogen and oxygen atoms in total. The summed E-state index contributed by atoms with van der Waals surface area (Å²) in [4.78, 5) is 4.13. The van der Waals surface area contributed by atoms with Gasteiger partial charge in [0.2, 0.25) is 0 Å². The van der Waals surface area contributed by atoms with Gasteiger partial charge in [-0.25, -0.2) is 4.98 Å². The molecule has 1 saturated carbocycles. The molecule has 0 spiro atoms. The Morgan fingerprint density at radius 3 is 3.00 bits per heavy atom. The molecule has 0 radical (unpaired) electrons. The highest BCUT2D eigenvalue weighted by atomic mass is 15.1. The fourth-order valence-electron chi connectivity index (χ4n) is 2.71. The molecule has 14 heavy (non-hydrogen) atoms. The standard InChI is InChI=1S/C11H19N3/c1-10-4-2-3-5-11(10,8-12)14-7-6-13-9-14/h6-7,9-10H,2-5,8,12H2,1H3. The van der Waals surface area contributed by atoms with Crippen LogP contribution in [0.15, 0.2) is 18.7 Å². The van der Waals surface area contributed by atoms with Crippen molar-refractivity contribution in [2.75, 3.05) is 6.54 Å². The van der Waals surface area contributed by atoms with E-state index in [4.69, 9.17) is 5.73 Å². The molecule has 1 fully saturated rings. The lowest BCUT2D eigenvalue weighted by Gasteiger charge is -2.43. The van der Waals surface area contributed by atoms with E-state index < -0.39 is 0 Å². The summed E-state index contributed by atoms with van der Waals surface area (Å²) in [5.74, 6) is 0.662. The summed E-state index contributed by atoms with van der Waals surface area (Å²) in [5, 5.41) is 0. The minimum absolute atomic E-state index is 0.134. The first-order chi connectivity index (χ1) is 6.79. The predicted octanol–water partition coefficient (Wildman–Crippen LogP) is 1.75. The molecule has 0 bridgehead atoms. The van der Waals surface area contributed by atoms with Gasteiger partial charge in [0.15, 0.2) is 0 Å². The van der Waals surface area contributed by atoms with Gasteiger partial charge in [0.1, 0.15) is 0 Å². The topological polar surface area (TPSA) is 43.8 Å². The molecular formula is C11H19N3. The Kier molecular flexibility index (Phi) is 2.59. The van der Waals surface area contributed by atoms with E-state index in [1.165, 1.54) is 25.7 Å². The van der Waals surface area contributed by atoms with Crippen LogP contribution < -0.4 is 5.73 Å². The van der Waals surface area contributed by atoms with Crippen LogP contribution in [0.2, 0.25) is 0 Å². The molecular weight excluding hydrogens is 174 g/mol. The SMILES string of the molecule is CC1CCCCC1(CN)n1ccnc1. The van der Waals surface area contributed by atoms with E-state index >= 15 is 0 Å². The maximum Gasteiger partial charge on any atom is 0.0951 e. The van der Waals surface area contributed by atoms with Crippen LogP contribution in [0.5, 0.6) is 0 Å². The third kappa shape index (κ3) is 1.36. The second-order valence-corrected chi connectivity index (χ2v) is 4.42. The quantitative estimate of drug-likeness (QED) is 0.777. The Bertz CT molecular complexity index is 281. The largest absolute Gasteiger partial charge is 0.330 e. The molecule has 78 valence electrons. The summed E-state index contributed by atoms with van der Waals surface area (Å²) in [7, 11) is 0. The first-order valence-electron chi connectivity index (χ1n) is 5.48. The predicted molar refractivity (Wildman–Crippen MR) is 56.9 cm³/mol. The number of nitrogens with zero attached hydrogens (tertiary/aromatic N) is 2. The summed E-state index contributed by atoms with van der Waals surface area (Å²) in [6.07, 6.45) is 10.9. The fourth-order valence-corrected chi connectivity index (χ4v) is 2.71. The van der Waals surface area contributed by atoms with Gasteiger partial charge in [-0.3, -0.25) is 0 Å². The molecule has 2 N–H and O–H groups in total. The van der Waals surface area contributed by atoms with Gasteiger partial charge in [0.05, 0.1) is 11.9 Å². The first-order valence-corrected chi connectivity index (χ1v) is 5.48. The molecule has 1 aliphatic rings. The van der Waals surface area contributed by atoms with Crippen LogP contribution in [0, 0.1) is 5.92 Å². The van der Waals surface area contributed by atoms with Crippen molar-refractivity contribution in [1.29, 1.82) is 0 Å². The van der Waals surface area contributed by atoms with Gasteiger partial charge < -0.3 is 10.3 Å². The number of aromatic nitrogens is 2. The fraction of sp³-hybridized carbons (Fsp3) is 0.727. The van der Waals surface area contributed by atoms with Crippen molar-refractivity contribution >= 4 is 0 Å². The normalized spacial score (nSPS) is 33.1. The molecule has 1 heterocycles. The van der Waals surface area contributed by atoms with Crippen molar-refractivity contribution in [2.45, 2.75) is 38.1 Å². The van der Waals surface area contributed by atoms with Crippen molar-refractivity contribution in [2.24, 2.45) is 11.7 Å². The zero-order chi connectivity index (χ0) is 10.0. The van der Waals surface area contributed by atoms with Gasteiger partial charge in [-0.15, -0.1) is 0 Å². The Hall–Kier alpha value is -0.830. The lowest BCUT2D eigenvalue weighted by molar-refractivity contribution is 0.125. The Morgan fingerprint density at radius 2 is 2.43 bits per heavy atom. The van der Waals surface area contributed by atoms with Crippen molar-refractivity contribution in [3.63, 3.8) is 0 Å². The van der Waals surface area contributed by atoms with Gasteiger partial charge >= 0.3 is 0 Å². The van der Waals surface area contributed by atoms with E-state index in [0.717, 1.165) is 6.54 Å². The lowest BCUT2D eigenvalue weighted by Crippen LogP contribution is -2.47. The molecule has 1 aromatic rings. The molecule has 0 aliphatic heterocycles. The highest BCUT2D eigenvalue weighted by Crippen LogP contribution is 2.38. The molecule has 1 aliphatic carbocycles. The van der Waals surface area contributed by atoms with Crippen LogP contribution in [0.4, 0.5) is 0 Å². The molecule has 2 unspecified atom stereocenters. The monoisotopic (exact) mass is 193 g/mol. The van der Waals surface area contributed by atoms with Crippen molar-refractivity contribution in [1.82, 2.24) is 9.55 Å². The third-order valence-electron chi connectivity index (χ3n) is 3.79. The highest BCUT2D eigenvalue weighted by Gasteiger charge is 2.38. The Balaban J connectivity index is 2.32. The van der Waals surface area contributed by atoms with Crippen LogP contribution in [0.1, 0.15) is 32.6 Å². The van der Waals surface area contributed by atoms with Crippen LogP contribution in [-0.4, -0.2) is 16.1 Å². The van der Waals surface area contributed by atoms with Crippen LogP contribution >= 0.6 is 0 Å². The number of rotatable bonds is 2. The number of hydrogen-bond donors (Lipinski definition) is 1. The number of nitrogens with two attached hydrogens (primary N) is 1. The minimum Gasteiger partial charge on any atom is -0.330 e. The second kappa shape index (κ2) is 3.73. The second-order valence-electron chi connectivity index (χ2n) is 4.42. The molecule has 0 amide bonds. The van der Waals surface area contributed by atoms with Crippen LogP contribution in [0.25, 0.3) is 0 Å². The van der Waals surface area contributed by atoms with Crippen molar-refractivity contribution < 1.29 is 0 Å².